The van der Waals surface area contributed by atoms with Crippen molar-refractivity contribution in [2.75, 3.05) is 7.11 Å². The van der Waals surface area contributed by atoms with E-state index in [-0.39, 0.29) is 30.0 Å². The van der Waals surface area contributed by atoms with E-state index in [0.29, 0.717) is 19.3 Å². The van der Waals surface area contributed by atoms with Crippen molar-refractivity contribution in [2.45, 2.75) is 96.7 Å². The summed E-state index contributed by atoms with van der Waals surface area (Å²) in [7, 11) is 1.38. The van der Waals surface area contributed by atoms with Crippen molar-refractivity contribution in [3.8, 4) is 11.8 Å². The van der Waals surface area contributed by atoms with Crippen molar-refractivity contribution in [1.29, 1.82) is 0 Å². The molecule has 0 amide bonds. The van der Waals surface area contributed by atoms with Crippen LogP contribution >= 0.6 is 0 Å². The predicted octanol–water partition coefficient (Wildman–Crippen LogP) is 3.58. The Morgan fingerprint density at radius 1 is 1.17 bits per heavy atom. The summed E-state index contributed by atoms with van der Waals surface area (Å²) < 4.78 is 9.97. The number of methoxy groups -OCH3 is 1. The molecule has 1 N–H and O–H groups in total. The van der Waals surface area contributed by atoms with Gasteiger partial charge in [-0.25, -0.2) is 0 Å². The van der Waals surface area contributed by atoms with Gasteiger partial charge in [0.1, 0.15) is 18.0 Å². The maximum atomic E-state index is 12.5. The van der Waals surface area contributed by atoms with Gasteiger partial charge in [-0.05, 0) is 25.7 Å². The normalized spacial score (nSPS) is 21.9. The number of aliphatic hydroxyl groups excluding tert-OH is 1. The number of rotatable bonds is 12. The van der Waals surface area contributed by atoms with Crippen LogP contribution in [0, 0.1) is 23.7 Å². The lowest BCUT2D eigenvalue weighted by molar-refractivity contribution is -0.147. The highest BCUT2D eigenvalue weighted by Crippen LogP contribution is 2.35. The number of Topliss-reactive ketones (excluding diaryl/α,β-unsaturated/α-hetero) is 1. The van der Waals surface area contributed by atoms with Gasteiger partial charge >= 0.3 is 11.9 Å². The van der Waals surface area contributed by atoms with Crippen LogP contribution in [0.15, 0.2) is 0 Å². The Kier molecular flexibility index (Phi) is 12.3. The average molecular weight is 409 g/mol. The van der Waals surface area contributed by atoms with Crippen LogP contribution in [-0.2, 0) is 23.9 Å². The first-order chi connectivity index (χ1) is 13.9. The third kappa shape index (κ3) is 9.94. The minimum atomic E-state index is -0.714. The predicted molar refractivity (Wildman–Crippen MR) is 110 cm³/mol. The largest absolute Gasteiger partial charge is 0.469 e. The molecular weight excluding hydrogens is 372 g/mol. The van der Waals surface area contributed by atoms with Crippen molar-refractivity contribution in [1.82, 2.24) is 0 Å². The van der Waals surface area contributed by atoms with E-state index in [9.17, 15) is 19.5 Å². The van der Waals surface area contributed by atoms with Crippen molar-refractivity contribution < 1.29 is 29.0 Å². The number of hydrogen-bond donors (Lipinski definition) is 1. The summed E-state index contributed by atoms with van der Waals surface area (Å²) in [6, 6.07) is 0. The summed E-state index contributed by atoms with van der Waals surface area (Å²) in [6.07, 6.45) is 7.14. The molecular formula is C23H36O6. The first-order valence-electron chi connectivity index (χ1n) is 10.8. The number of hydrogen-bond acceptors (Lipinski definition) is 6. The van der Waals surface area contributed by atoms with Gasteiger partial charge in [0.25, 0.3) is 0 Å². The minimum Gasteiger partial charge on any atom is -0.469 e. The minimum absolute atomic E-state index is 0.0746. The maximum Gasteiger partial charge on any atom is 0.305 e. The first kappa shape index (κ1) is 25.2. The van der Waals surface area contributed by atoms with Crippen molar-refractivity contribution in [3.05, 3.63) is 0 Å². The quantitative estimate of drug-likeness (QED) is 0.302. The van der Waals surface area contributed by atoms with Gasteiger partial charge in [0.15, 0.2) is 0 Å². The number of carbonyl (C=O) groups excluding carboxylic acids is 3. The van der Waals surface area contributed by atoms with E-state index in [4.69, 9.17) is 4.74 Å². The average Bonchev–Trinajstić information content (AvgIpc) is 2.96. The van der Waals surface area contributed by atoms with Crippen molar-refractivity contribution >= 4 is 17.7 Å². The lowest BCUT2D eigenvalue weighted by Crippen LogP contribution is -2.24. The third-order valence-electron chi connectivity index (χ3n) is 5.34. The van der Waals surface area contributed by atoms with Crippen LogP contribution < -0.4 is 0 Å². The van der Waals surface area contributed by atoms with E-state index in [1.807, 2.05) is 0 Å². The Labute approximate surface area is 174 Å². The fraction of sp³-hybridized carbons (Fsp3) is 0.783. The number of esters is 2. The number of carbonyl (C=O) groups is 3. The monoisotopic (exact) mass is 408 g/mol. The van der Waals surface area contributed by atoms with E-state index < -0.39 is 18.2 Å². The Balaban J connectivity index is 2.61. The molecule has 0 aromatic heterocycles. The topological polar surface area (TPSA) is 89.9 Å². The third-order valence-corrected chi connectivity index (χ3v) is 5.34. The number of ketones is 1. The molecule has 1 aliphatic rings. The molecule has 4 atom stereocenters. The summed E-state index contributed by atoms with van der Waals surface area (Å²) in [6.45, 7) is 3.44. The van der Waals surface area contributed by atoms with E-state index in [1.165, 1.54) is 14.0 Å². The maximum absolute atomic E-state index is 12.5. The lowest BCUT2D eigenvalue weighted by atomic mass is 9.89. The Morgan fingerprint density at radius 2 is 1.90 bits per heavy atom. The SMILES string of the molecule is CCCCCC(O)C#CC1C(OC(C)=O)CC(=O)C1CCCCCCC(=O)OC. The molecule has 0 spiro atoms. The van der Waals surface area contributed by atoms with Crippen LogP contribution in [0.25, 0.3) is 0 Å². The summed E-state index contributed by atoms with van der Waals surface area (Å²) in [4.78, 5) is 35.0. The Bertz CT molecular complexity index is 588. The second-order valence-corrected chi connectivity index (χ2v) is 7.78. The van der Waals surface area contributed by atoms with E-state index >= 15 is 0 Å². The number of ether oxygens (including phenoxy) is 2. The lowest BCUT2D eigenvalue weighted by Gasteiger charge is -2.19. The van der Waals surface area contributed by atoms with E-state index in [0.717, 1.165) is 44.9 Å². The zero-order chi connectivity index (χ0) is 21.6. The zero-order valence-corrected chi connectivity index (χ0v) is 18.1. The summed E-state index contributed by atoms with van der Waals surface area (Å²) >= 11 is 0. The zero-order valence-electron chi connectivity index (χ0n) is 18.1. The molecule has 1 rings (SSSR count). The van der Waals surface area contributed by atoms with Crippen LogP contribution in [0.4, 0.5) is 0 Å². The van der Waals surface area contributed by atoms with Gasteiger partial charge in [-0.3, -0.25) is 14.4 Å². The molecule has 1 saturated carbocycles. The van der Waals surface area contributed by atoms with Gasteiger partial charge in [-0.1, -0.05) is 50.9 Å². The molecule has 0 aliphatic heterocycles. The molecule has 0 bridgehead atoms. The van der Waals surface area contributed by atoms with Crippen LogP contribution in [0.2, 0.25) is 0 Å². The van der Waals surface area contributed by atoms with Crippen LogP contribution in [0.5, 0.6) is 0 Å². The number of unbranched alkanes of at least 4 members (excludes halogenated alkanes) is 5. The smallest absolute Gasteiger partial charge is 0.305 e. The highest BCUT2D eigenvalue weighted by Gasteiger charge is 2.43. The summed E-state index contributed by atoms with van der Waals surface area (Å²) in [5, 5.41) is 10.1. The summed E-state index contributed by atoms with van der Waals surface area (Å²) in [5.41, 5.74) is 0. The highest BCUT2D eigenvalue weighted by molar-refractivity contribution is 5.85. The van der Waals surface area contributed by atoms with Crippen LogP contribution in [-0.4, -0.2) is 42.1 Å². The Morgan fingerprint density at radius 3 is 2.55 bits per heavy atom. The molecule has 0 aromatic rings. The van der Waals surface area contributed by atoms with E-state index in [2.05, 4.69) is 23.5 Å². The summed E-state index contributed by atoms with van der Waals surface area (Å²) in [5.74, 6) is 4.77. The van der Waals surface area contributed by atoms with Gasteiger partial charge < -0.3 is 14.6 Å². The molecule has 164 valence electrons. The molecule has 0 heterocycles. The highest BCUT2D eigenvalue weighted by atomic mass is 16.5. The molecule has 1 aliphatic carbocycles. The van der Waals surface area contributed by atoms with Gasteiger partial charge in [0, 0.05) is 25.7 Å². The molecule has 0 radical (unpaired) electrons. The van der Waals surface area contributed by atoms with Gasteiger partial charge in [0.05, 0.1) is 13.0 Å². The standard InChI is InChI=1S/C23H36O6/c1-4-5-8-11-18(25)14-15-20-19(21(26)16-22(20)29-17(2)24)12-9-6-7-10-13-23(27)28-3/h18-20,22,25H,4-13,16H2,1-3H3. The molecule has 1 fully saturated rings. The number of aliphatic hydroxyl groups is 1. The second kappa shape index (κ2) is 14.2. The van der Waals surface area contributed by atoms with E-state index in [1.54, 1.807) is 0 Å². The van der Waals surface area contributed by atoms with Gasteiger partial charge in [0.2, 0.25) is 0 Å². The molecule has 6 heteroatoms. The Hall–Kier alpha value is -1.87. The van der Waals surface area contributed by atoms with Crippen LogP contribution in [0.3, 0.4) is 0 Å². The fourth-order valence-electron chi connectivity index (χ4n) is 3.74. The van der Waals surface area contributed by atoms with Crippen molar-refractivity contribution in [3.63, 3.8) is 0 Å². The first-order valence-corrected chi connectivity index (χ1v) is 10.8. The fourth-order valence-corrected chi connectivity index (χ4v) is 3.74. The molecule has 4 unspecified atom stereocenters. The molecule has 29 heavy (non-hydrogen) atoms. The van der Waals surface area contributed by atoms with Crippen molar-refractivity contribution in [2.24, 2.45) is 11.8 Å². The van der Waals surface area contributed by atoms with Gasteiger partial charge in [-0.15, -0.1) is 0 Å². The second-order valence-electron chi connectivity index (χ2n) is 7.78. The molecule has 6 nitrogen and oxygen atoms in total. The molecule has 0 aromatic carbocycles. The van der Waals surface area contributed by atoms with Crippen LogP contribution in [0.1, 0.15) is 84.5 Å². The molecule has 0 saturated heterocycles. The van der Waals surface area contributed by atoms with Gasteiger partial charge in [-0.2, -0.15) is 0 Å².